The van der Waals surface area contributed by atoms with Crippen molar-refractivity contribution in [3.63, 3.8) is 0 Å². The number of amides is 3. The molecule has 0 aliphatic heterocycles. The number of primary amides is 1. The van der Waals surface area contributed by atoms with Crippen molar-refractivity contribution >= 4 is 39.5 Å². The Morgan fingerprint density at radius 2 is 1.91 bits per heavy atom. The highest BCUT2D eigenvalue weighted by atomic mass is 79.9. The average molecular weight is 372 g/mol. The zero-order chi connectivity index (χ0) is 16.9. The first kappa shape index (κ1) is 18.0. The van der Waals surface area contributed by atoms with Gasteiger partial charge in [-0.05, 0) is 39.0 Å². The Morgan fingerprint density at radius 3 is 2.45 bits per heavy atom. The maximum absolute atomic E-state index is 11.8. The zero-order valence-corrected chi connectivity index (χ0v) is 14.1. The number of ether oxygens (including phenoxy) is 1. The van der Waals surface area contributed by atoms with Gasteiger partial charge in [0.1, 0.15) is 12.1 Å². The Balaban J connectivity index is 2.63. The second-order valence-corrected chi connectivity index (χ2v) is 6.37. The van der Waals surface area contributed by atoms with Crippen molar-refractivity contribution in [3.8, 4) is 0 Å². The first-order valence-corrected chi connectivity index (χ1v) is 7.24. The summed E-state index contributed by atoms with van der Waals surface area (Å²) in [6, 6.07) is 4.69. The molecule has 22 heavy (non-hydrogen) atoms. The van der Waals surface area contributed by atoms with E-state index in [4.69, 9.17) is 10.5 Å². The molecule has 0 aliphatic carbocycles. The second-order valence-electron chi connectivity index (χ2n) is 5.46. The lowest BCUT2D eigenvalue weighted by Crippen LogP contribution is -2.37. The summed E-state index contributed by atoms with van der Waals surface area (Å²) in [6.07, 6.45) is -0.700. The number of halogens is 1. The Labute approximate surface area is 136 Å². The van der Waals surface area contributed by atoms with Gasteiger partial charge < -0.3 is 21.1 Å². The molecule has 0 spiro atoms. The summed E-state index contributed by atoms with van der Waals surface area (Å²) < 4.78 is 5.66. The summed E-state index contributed by atoms with van der Waals surface area (Å²) in [4.78, 5) is 34.6. The number of nitrogens with one attached hydrogen (secondary N) is 2. The largest absolute Gasteiger partial charge is 0.444 e. The molecule has 120 valence electrons. The number of benzene rings is 1. The molecule has 0 unspecified atom stereocenters. The number of anilines is 1. The van der Waals surface area contributed by atoms with Crippen molar-refractivity contribution < 1.29 is 19.1 Å². The van der Waals surface area contributed by atoms with E-state index in [9.17, 15) is 14.4 Å². The summed E-state index contributed by atoms with van der Waals surface area (Å²) in [5.41, 5.74) is 5.04. The summed E-state index contributed by atoms with van der Waals surface area (Å²) in [5, 5.41) is 4.83. The van der Waals surface area contributed by atoms with Crippen LogP contribution in [0.15, 0.2) is 22.7 Å². The smallest absolute Gasteiger partial charge is 0.408 e. The van der Waals surface area contributed by atoms with Crippen LogP contribution in [0.25, 0.3) is 0 Å². The van der Waals surface area contributed by atoms with Crippen LogP contribution >= 0.6 is 15.9 Å². The van der Waals surface area contributed by atoms with Gasteiger partial charge in [0.05, 0.1) is 11.3 Å². The van der Waals surface area contributed by atoms with Crippen molar-refractivity contribution in [2.75, 3.05) is 11.9 Å². The Bertz CT molecular complexity index is 596. The highest BCUT2D eigenvalue weighted by Crippen LogP contribution is 2.20. The van der Waals surface area contributed by atoms with Gasteiger partial charge in [0.15, 0.2) is 0 Å². The number of rotatable bonds is 4. The van der Waals surface area contributed by atoms with E-state index in [0.29, 0.717) is 4.47 Å². The van der Waals surface area contributed by atoms with Gasteiger partial charge in [-0.15, -0.1) is 0 Å². The lowest BCUT2D eigenvalue weighted by Gasteiger charge is -2.19. The minimum atomic E-state index is -0.700. The standard InChI is InChI=1S/C14H18BrN3O4/c1-14(2,3)22-13(21)17-7-11(19)18-10-5-4-8(15)6-9(10)12(16)20/h4-6H,7H2,1-3H3,(H2,16,20)(H,17,21)(H,18,19). The normalized spacial score (nSPS) is 10.7. The van der Waals surface area contributed by atoms with Crippen molar-refractivity contribution in [3.05, 3.63) is 28.2 Å². The van der Waals surface area contributed by atoms with Gasteiger partial charge in [0, 0.05) is 4.47 Å². The lowest BCUT2D eigenvalue weighted by molar-refractivity contribution is -0.115. The van der Waals surface area contributed by atoms with Gasteiger partial charge in [-0.25, -0.2) is 4.79 Å². The molecule has 0 aromatic heterocycles. The van der Waals surface area contributed by atoms with E-state index in [-0.39, 0.29) is 17.8 Å². The molecule has 1 rings (SSSR count). The van der Waals surface area contributed by atoms with Gasteiger partial charge in [0.2, 0.25) is 5.91 Å². The van der Waals surface area contributed by atoms with E-state index in [1.54, 1.807) is 26.8 Å². The SMILES string of the molecule is CC(C)(C)OC(=O)NCC(=O)Nc1ccc(Br)cc1C(N)=O. The number of nitrogens with two attached hydrogens (primary N) is 1. The minimum Gasteiger partial charge on any atom is -0.444 e. The average Bonchev–Trinajstić information content (AvgIpc) is 2.36. The summed E-state index contributed by atoms with van der Waals surface area (Å²) in [5.74, 6) is -1.17. The van der Waals surface area contributed by atoms with E-state index in [2.05, 4.69) is 26.6 Å². The minimum absolute atomic E-state index is 0.167. The van der Waals surface area contributed by atoms with E-state index in [1.807, 2.05) is 0 Å². The molecule has 0 heterocycles. The molecular formula is C14H18BrN3O4. The van der Waals surface area contributed by atoms with Crippen LogP contribution in [0.1, 0.15) is 31.1 Å². The third-order valence-electron chi connectivity index (χ3n) is 2.31. The van der Waals surface area contributed by atoms with Crippen LogP contribution in [-0.4, -0.2) is 30.1 Å². The van der Waals surface area contributed by atoms with Crippen LogP contribution < -0.4 is 16.4 Å². The van der Waals surface area contributed by atoms with Gasteiger partial charge in [0.25, 0.3) is 5.91 Å². The van der Waals surface area contributed by atoms with Crippen LogP contribution in [0.3, 0.4) is 0 Å². The van der Waals surface area contributed by atoms with Crippen LogP contribution in [0.5, 0.6) is 0 Å². The topological polar surface area (TPSA) is 111 Å². The summed E-state index contributed by atoms with van der Waals surface area (Å²) in [6.45, 7) is 4.86. The predicted molar refractivity (Wildman–Crippen MR) is 85.5 cm³/mol. The summed E-state index contributed by atoms with van der Waals surface area (Å²) in [7, 11) is 0. The van der Waals surface area contributed by atoms with Gasteiger partial charge in [-0.2, -0.15) is 0 Å². The number of hydrogen-bond acceptors (Lipinski definition) is 4. The van der Waals surface area contributed by atoms with Crippen LogP contribution in [0, 0.1) is 0 Å². The van der Waals surface area contributed by atoms with Gasteiger partial charge in [-0.3, -0.25) is 9.59 Å². The molecule has 1 aromatic rings. The third-order valence-corrected chi connectivity index (χ3v) is 2.81. The monoisotopic (exact) mass is 371 g/mol. The molecule has 3 amide bonds. The van der Waals surface area contributed by atoms with Gasteiger partial charge in [-0.1, -0.05) is 15.9 Å². The molecule has 0 bridgehead atoms. The van der Waals surface area contributed by atoms with E-state index < -0.39 is 23.5 Å². The van der Waals surface area contributed by atoms with Crippen molar-refractivity contribution in [2.45, 2.75) is 26.4 Å². The predicted octanol–water partition coefficient (Wildman–Crippen LogP) is 2.01. The number of carbonyl (C=O) groups excluding carboxylic acids is 3. The molecule has 0 atom stereocenters. The molecule has 0 aliphatic rings. The molecule has 0 fully saturated rings. The number of carbonyl (C=O) groups is 3. The quantitative estimate of drug-likeness (QED) is 0.751. The molecular weight excluding hydrogens is 354 g/mol. The first-order valence-electron chi connectivity index (χ1n) is 6.44. The van der Waals surface area contributed by atoms with E-state index in [1.165, 1.54) is 12.1 Å². The van der Waals surface area contributed by atoms with Crippen LogP contribution in [0.4, 0.5) is 10.5 Å². The molecule has 1 aromatic carbocycles. The van der Waals surface area contributed by atoms with Crippen LogP contribution in [-0.2, 0) is 9.53 Å². The number of hydrogen-bond donors (Lipinski definition) is 3. The van der Waals surface area contributed by atoms with E-state index in [0.717, 1.165) is 0 Å². The van der Waals surface area contributed by atoms with Crippen molar-refractivity contribution in [1.29, 1.82) is 0 Å². The maximum atomic E-state index is 11.8. The molecule has 7 nitrogen and oxygen atoms in total. The molecule has 0 saturated heterocycles. The molecule has 0 saturated carbocycles. The second kappa shape index (κ2) is 7.26. The van der Waals surface area contributed by atoms with Crippen molar-refractivity contribution in [2.24, 2.45) is 5.73 Å². The third kappa shape index (κ3) is 6.13. The molecule has 8 heteroatoms. The molecule has 4 N–H and O–H groups in total. The maximum Gasteiger partial charge on any atom is 0.408 e. The lowest BCUT2D eigenvalue weighted by atomic mass is 10.1. The highest BCUT2D eigenvalue weighted by Gasteiger charge is 2.17. The Morgan fingerprint density at radius 1 is 1.27 bits per heavy atom. The zero-order valence-electron chi connectivity index (χ0n) is 12.5. The fraction of sp³-hybridized carbons (Fsp3) is 0.357. The Kier molecular flexibility index (Phi) is 5.92. The fourth-order valence-corrected chi connectivity index (χ4v) is 1.85. The van der Waals surface area contributed by atoms with Gasteiger partial charge >= 0.3 is 6.09 Å². The van der Waals surface area contributed by atoms with Crippen molar-refractivity contribution in [1.82, 2.24) is 5.32 Å². The van der Waals surface area contributed by atoms with Crippen LogP contribution in [0.2, 0.25) is 0 Å². The van der Waals surface area contributed by atoms with E-state index >= 15 is 0 Å². The summed E-state index contributed by atoms with van der Waals surface area (Å²) >= 11 is 3.21. The first-order chi connectivity index (χ1) is 10.1. The highest BCUT2D eigenvalue weighted by molar-refractivity contribution is 9.10. The Hall–Kier alpha value is -2.09. The molecule has 0 radical (unpaired) electrons. The number of alkyl carbamates (subject to hydrolysis) is 1. The fourth-order valence-electron chi connectivity index (χ4n) is 1.49.